The zero-order chi connectivity index (χ0) is 23.2. The maximum absolute atomic E-state index is 12.7. The largest absolute Gasteiger partial charge is 0.493 e. The van der Waals surface area contributed by atoms with Crippen LogP contribution in [0.5, 0.6) is 11.5 Å². The Morgan fingerprint density at radius 3 is 2.48 bits per heavy atom. The molecule has 0 aliphatic carbocycles. The smallest absolute Gasteiger partial charge is 0.315 e. The predicted molar refractivity (Wildman–Crippen MR) is 131 cm³/mol. The summed E-state index contributed by atoms with van der Waals surface area (Å²) in [6, 6.07) is 28.2. The lowest BCUT2D eigenvalue weighted by atomic mass is 10.0. The van der Waals surface area contributed by atoms with E-state index < -0.39 is 0 Å². The van der Waals surface area contributed by atoms with Crippen LogP contribution < -0.4 is 9.47 Å². The van der Waals surface area contributed by atoms with Crippen LogP contribution in [0.1, 0.15) is 16.7 Å². The van der Waals surface area contributed by atoms with Crippen LogP contribution in [0.4, 0.5) is 0 Å². The van der Waals surface area contributed by atoms with Crippen molar-refractivity contribution < 1.29 is 14.3 Å². The molecule has 0 N–H and O–H groups in total. The first-order chi connectivity index (χ1) is 16.1. The number of methoxy groups -OCH3 is 1. The molecule has 0 fully saturated rings. The van der Waals surface area contributed by atoms with Gasteiger partial charge in [-0.25, -0.2) is 0 Å². The maximum atomic E-state index is 12.7. The summed E-state index contributed by atoms with van der Waals surface area (Å²) in [5, 5.41) is 12.3. The third-order valence-electron chi connectivity index (χ3n) is 5.21. The van der Waals surface area contributed by atoms with E-state index >= 15 is 0 Å². The fourth-order valence-corrected chi connectivity index (χ4v) is 3.72. The van der Waals surface area contributed by atoms with Crippen molar-refractivity contribution in [2.24, 2.45) is 0 Å². The van der Waals surface area contributed by atoms with Gasteiger partial charge in [-0.15, -0.1) is 0 Å². The number of allylic oxidation sites excluding steroid dienone is 1. The first-order valence-corrected chi connectivity index (χ1v) is 10.7. The summed E-state index contributed by atoms with van der Waals surface area (Å²) in [7, 11) is 1.51. The summed E-state index contributed by atoms with van der Waals surface area (Å²) >= 11 is 5.94. The molecule has 5 heteroatoms. The van der Waals surface area contributed by atoms with E-state index in [0.29, 0.717) is 22.1 Å². The number of carbonyl (C=O) groups is 1. The van der Waals surface area contributed by atoms with Crippen molar-refractivity contribution >= 4 is 40.0 Å². The Morgan fingerprint density at radius 1 is 0.970 bits per heavy atom. The minimum Gasteiger partial charge on any atom is -0.493 e. The van der Waals surface area contributed by atoms with E-state index in [-0.39, 0.29) is 12.4 Å². The van der Waals surface area contributed by atoms with Gasteiger partial charge in [0.1, 0.15) is 0 Å². The zero-order valence-electron chi connectivity index (χ0n) is 17.9. The second-order valence-corrected chi connectivity index (χ2v) is 7.81. The van der Waals surface area contributed by atoms with Crippen LogP contribution in [0, 0.1) is 11.3 Å². The van der Waals surface area contributed by atoms with Crippen molar-refractivity contribution in [1.29, 1.82) is 5.26 Å². The van der Waals surface area contributed by atoms with Gasteiger partial charge in [0.05, 0.1) is 25.2 Å². The molecule has 0 heterocycles. The molecular weight excluding hydrogens is 434 g/mol. The molecule has 0 bridgehead atoms. The SMILES string of the molecule is COc1cc(C=C(C#N)c2ccc(Cl)cc2)ccc1OC(=O)Cc1cccc2ccccc12. The highest BCUT2D eigenvalue weighted by Gasteiger charge is 2.13. The van der Waals surface area contributed by atoms with Gasteiger partial charge in [-0.2, -0.15) is 5.26 Å². The van der Waals surface area contributed by atoms with Crippen LogP contribution in [-0.4, -0.2) is 13.1 Å². The Morgan fingerprint density at radius 2 is 1.73 bits per heavy atom. The highest BCUT2D eigenvalue weighted by Crippen LogP contribution is 2.31. The molecule has 0 unspecified atom stereocenters. The quantitative estimate of drug-likeness (QED) is 0.141. The van der Waals surface area contributed by atoms with Gasteiger partial charge in [0, 0.05) is 5.02 Å². The molecule has 0 saturated carbocycles. The van der Waals surface area contributed by atoms with Crippen molar-refractivity contribution in [2.45, 2.75) is 6.42 Å². The lowest BCUT2D eigenvalue weighted by molar-refractivity contribution is -0.133. The molecule has 4 nitrogen and oxygen atoms in total. The molecule has 0 aliphatic rings. The van der Waals surface area contributed by atoms with Gasteiger partial charge < -0.3 is 9.47 Å². The number of hydrogen-bond acceptors (Lipinski definition) is 4. The standard InChI is InChI=1S/C28H20ClNO3/c1-32-27-16-19(15-23(18-30)20-10-12-24(29)13-11-20)9-14-26(27)33-28(31)17-22-7-4-6-21-5-2-3-8-25(21)22/h2-16H,17H2,1H3. The van der Waals surface area contributed by atoms with Crippen molar-refractivity contribution in [1.82, 2.24) is 0 Å². The van der Waals surface area contributed by atoms with E-state index in [4.69, 9.17) is 21.1 Å². The number of rotatable bonds is 6. The molecule has 0 saturated heterocycles. The number of carbonyl (C=O) groups excluding carboxylic acids is 1. The van der Waals surface area contributed by atoms with Crippen molar-refractivity contribution in [3.8, 4) is 17.6 Å². The van der Waals surface area contributed by atoms with Crippen molar-refractivity contribution in [3.05, 3.63) is 107 Å². The third kappa shape index (κ3) is 5.23. The van der Waals surface area contributed by atoms with E-state index in [1.807, 2.05) is 42.5 Å². The van der Waals surface area contributed by atoms with E-state index in [1.165, 1.54) is 7.11 Å². The maximum Gasteiger partial charge on any atom is 0.315 e. The molecule has 0 aliphatic heterocycles. The molecule has 0 spiro atoms. The van der Waals surface area contributed by atoms with E-state index in [1.54, 1.807) is 48.5 Å². The van der Waals surface area contributed by atoms with Crippen LogP contribution >= 0.6 is 11.6 Å². The topological polar surface area (TPSA) is 59.3 Å². The number of halogens is 1. The third-order valence-corrected chi connectivity index (χ3v) is 5.46. The summed E-state index contributed by atoms with van der Waals surface area (Å²) in [4.78, 5) is 12.7. The lowest BCUT2D eigenvalue weighted by Crippen LogP contribution is -2.12. The minimum absolute atomic E-state index is 0.140. The second-order valence-electron chi connectivity index (χ2n) is 7.38. The van der Waals surface area contributed by atoms with Gasteiger partial charge in [0.15, 0.2) is 11.5 Å². The summed E-state index contributed by atoms with van der Waals surface area (Å²) in [5.41, 5.74) is 2.88. The van der Waals surface area contributed by atoms with Crippen LogP contribution in [0.15, 0.2) is 84.9 Å². The summed E-state index contributed by atoms with van der Waals surface area (Å²) in [6.07, 6.45) is 1.88. The lowest BCUT2D eigenvalue weighted by Gasteiger charge is -2.11. The van der Waals surface area contributed by atoms with Gasteiger partial charge in [-0.1, -0.05) is 72.3 Å². The number of benzene rings is 4. The number of nitriles is 1. The molecular formula is C28H20ClNO3. The van der Waals surface area contributed by atoms with E-state index in [2.05, 4.69) is 6.07 Å². The van der Waals surface area contributed by atoms with Gasteiger partial charge in [-0.3, -0.25) is 4.79 Å². The monoisotopic (exact) mass is 453 g/mol. The molecule has 0 atom stereocenters. The van der Waals surface area contributed by atoms with Crippen molar-refractivity contribution in [2.75, 3.05) is 7.11 Å². The van der Waals surface area contributed by atoms with Gasteiger partial charge in [0.2, 0.25) is 0 Å². The molecule has 4 rings (SSSR count). The molecule has 0 amide bonds. The number of nitrogens with zero attached hydrogens (tertiary/aromatic N) is 1. The highest BCUT2D eigenvalue weighted by molar-refractivity contribution is 6.30. The predicted octanol–water partition coefficient (Wildman–Crippen LogP) is 6.71. The molecule has 0 radical (unpaired) electrons. The van der Waals surface area contributed by atoms with E-state index in [0.717, 1.165) is 27.5 Å². The van der Waals surface area contributed by atoms with Crippen LogP contribution in [0.25, 0.3) is 22.4 Å². The second kappa shape index (κ2) is 10.0. The first-order valence-electron chi connectivity index (χ1n) is 10.3. The number of fused-ring (bicyclic) bond motifs is 1. The Balaban J connectivity index is 1.55. The van der Waals surface area contributed by atoms with Crippen LogP contribution in [0.2, 0.25) is 5.02 Å². The van der Waals surface area contributed by atoms with Gasteiger partial charge >= 0.3 is 5.97 Å². The molecule has 4 aromatic carbocycles. The van der Waals surface area contributed by atoms with Crippen molar-refractivity contribution in [3.63, 3.8) is 0 Å². The molecule has 0 aromatic heterocycles. The summed E-state index contributed by atoms with van der Waals surface area (Å²) in [6.45, 7) is 0. The minimum atomic E-state index is -0.383. The van der Waals surface area contributed by atoms with Crippen LogP contribution in [-0.2, 0) is 11.2 Å². The fourth-order valence-electron chi connectivity index (χ4n) is 3.60. The Labute approximate surface area is 197 Å². The Kier molecular flexibility index (Phi) is 6.73. The number of hydrogen-bond donors (Lipinski definition) is 0. The van der Waals surface area contributed by atoms with Crippen LogP contribution in [0.3, 0.4) is 0 Å². The summed E-state index contributed by atoms with van der Waals surface area (Å²) < 4.78 is 11.0. The molecule has 4 aromatic rings. The van der Waals surface area contributed by atoms with Gasteiger partial charge in [-0.05, 0) is 57.8 Å². The van der Waals surface area contributed by atoms with Gasteiger partial charge in [0.25, 0.3) is 0 Å². The first kappa shape index (κ1) is 22.1. The number of esters is 1. The summed E-state index contributed by atoms with van der Waals surface area (Å²) in [5.74, 6) is 0.347. The van der Waals surface area contributed by atoms with E-state index in [9.17, 15) is 10.1 Å². The normalized spacial score (nSPS) is 11.1. The average molecular weight is 454 g/mol. The average Bonchev–Trinajstić information content (AvgIpc) is 2.84. The Bertz CT molecular complexity index is 1380. The molecule has 33 heavy (non-hydrogen) atoms. The zero-order valence-corrected chi connectivity index (χ0v) is 18.7. The number of ether oxygens (including phenoxy) is 2. The fraction of sp³-hybridized carbons (Fsp3) is 0.0714. The Hall–Kier alpha value is -4.07. The molecule has 162 valence electrons. The highest BCUT2D eigenvalue weighted by atomic mass is 35.5.